The van der Waals surface area contributed by atoms with Crippen molar-refractivity contribution in [2.75, 3.05) is 88.2 Å². The normalized spacial score (nSPS) is 22.8. The van der Waals surface area contributed by atoms with Gasteiger partial charge in [0.05, 0.1) is 31.0 Å². The summed E-state index contributed by atoms with van der Waals surface area (Å²) in [5, 5.41) is 10.9. The zero-order valence-corrected chi connectivity index (χ0v) is 32.9. The number of likely N-dealkylation sites (N-methyl/N-ethyl adjacent to an activating group) is 1. The van der Waals surface area contributed by atoms with Crippen LogP contribution in [0.1, 0.15) is 58.9 Å². The minimum absolute atomic E-state index is 0.0420. The summed E-state index contributed by atoms with van der Waals surface area (Å²) in [6.45, 7) is 7.27. The van der Waals surface area contributed by atoms with Crippen molar-refractivity contribution in [1.82, 2.24) is 35.1 Å². The molecule has 6 heterocycles. The van der Waals surface area contributed by atoms with Crippen LogP contribution in [-0.2, 0) is 22.4 Å². The van der Waals surface area contributed by atoms with E-state index in [1.54, 1.807) is 18.2 Å². The molecule has 0 radical (unpaired) electrons. The molecule has 3 atom stereocenters. The summed E-state index contributed by atoms with van der Waals surface area (Å²) >= 11 is 0. The van der Waals surface area contributed by atoms with E-state index in [1.807, 2.05) is 36.2 Å². The van der Waals surface area contributed by atoms with Crippen molar-refractivity contribution in [3.05, 3.63) is 59.0 Å². The van der Waals surface area contributed by atoms with E-state index < -0.39 is 11.8 Å². The fraction of sp³-hybridized carbons (Fsp3) is 0.488. The van der Waals surface area contributed by atoms with Gasteiger partial charge in [-0.05, 0) is 61.8 Å². The highest BCUT2D eigenvalue weighted by Crippen LogP contribution is 2.39. The van der Waals surface area contributed by atoms with Crippen molar-refractivity contribution < 1.29 is 28.4 Å². The highest BCUT2D eigenvalue weighted by molar-refractivity contribution is 6.02. The first-order valence-corrected chi connectivity index (χ1v) is 20.2. The van der Waals surface area contributed by atoms with E-state index in [0.717, 1.165) is 88.2 Å². The highest BCUT2D eigenvalue weighted by Gasteiger charge is 2.36. The number of hydrogen-bond donors (Lipinski definition) is 3. The summed E-state index contributed by atoms with van der Waals surface area (Å²) in [5.74, 6) is 0.305. The van der Waals surface area contributed by atoms with Crippen molar-refractivity contribution in [2.24, 2.45) is 11.7 Å². The van der Waals surface area contributed by atoms with Gasteiger partial charge in [-0.1, -0.05) is 11.2 Å². The van der Waals surface area contributed by atoms with E-state index >= 15 is 0 Å². The predicted molar refractivity (Wildman–Crippen MR) is 215 cm³/mol. The van der Waals surface area contributed by atoms with E-state index in [4.69, 9.17) is 20.0 Å². The molecule has 2 aromatic heterocycles. The minimum Gasteiger partial charge on any atom is -0.495 e. The van der Waals surface area contributed by atoms with Crippen LogP contribution in [-0.4, -0.2) is 133 Å². The number of ether oxygens (including phenoxy) is 1. The van der Waals surface area contributed by atoms with Gasteiger partial charge < -0.3 is 39.9 Å². The van der Waals surface area contributed by atoms with Crippen LogP contribution in [0.3, 0.4) is 0 Å². The van der Waals surface area contributed by atoms with Crippen LogP contribution in [0.2, 0.25) is 0 Å². The van der Waals surface area contributed by atoms with Gasteiger partial charge in [-0.25, -0.2) is 14.8 Å². The SMILES string of the molecule is COc1cc(Nc2nc(N3CCCC(N4CCN(C)C4=O)C3)cnc2C(N)=O)ccc1N1CCN(CC2Cc3ccc4c(C5CCC(=O)NC5=O)noc4c3C2)CC1. The maximum absolute atomic E-state index is 12.7. The molecule has 0 saturated carbocycles. The van der Waals surface area contributed by atoms with Gasteiger partial charge >= 0.3 is 6.03 Å². The zero-order chi connectivity index (χ0) is 40.1. The summed E-state index contributed by atoms with van der Waals surface area (Å²) in [5.41, 5.74) is 11.3. The summed E-state index contributed by atoms with van der Waals surface area (Å²) in [6.07, 6.45) is 6.00. The Bertz CT molecular complexity index is 2270. The second-order valence-corrected chi connectivity index (χ2v) is 16.2. The summed E-state index contributed by atoms with van der Waals surface area (Å²) in [4.78, 5) is 69.3. The number of methoxy groups -OCH3 is 1. The molecule has 4 N–H and O–H groups in total. The van der Waals surface area contributed by atoms with Crippen LogP contribution in [0.4, 0.5) is 27.8 Å². The Morgan fingerprint density at radius 1 is 1.02 bits per heavy atom. The number of benzene rings is 2. The molecular weight excluding hydrogens is 743 g/mol. The number of fused-ring (bicyclic) bond motifs is 3. The molecule has 3 unspecified atom stereocenters. The van der Waals surface area contributed by atoms with Gasteiger partial charge in [-0.2, -0.15) is 0 Å². The molecule has 4 aliphatic heterocycles. The zero-order valence-electron chi connectivity index (χ0n) is 32.9. The van der Waals surface area contributed by atoms with Crippen LogP contribution >= 0.6 is 0 Å². The van der Waals surface area contributed by atoms with Gasteiger partial charge in [0.15, 0.2) is 17.1 Å². The summed E-state index contributed by atoms with van der Waals surface area (Å²) in [6, 6.07) is 10.2. The van der Waals surface area contributed by atoms with Crippen molar-refractivity contribution in [2.45, 2.75) is 50.5 Å². The molecule has 4 fully saturated rings. The Morgan fingerprint density at radius 3 is 2.62 bits per heavy atom. The van der Waals surface area contributed by atoms with Crippen molar-refractivity contribution in [3.63, 3.8) is 0 Å². The summed E-state index contributed by atoms with van der Waals surface area (Å²) < 4.78 is 11.8. The fourth-order valence-corrected chi connectivity index (χ4v) is 9.45. The third kappa shape index (κ3) is 7.11. The molecule has 304 valence electrons. The number of nitrogens with one attached hydrogen (secondary N) is 2. The first-order valence-electron chi connectivity index (χ1n) is 20.2. The lowest BCUT2D eigenvalue weighted by molar-refractivity contribution is -0.134. The number of carbonyl (C=O) groups excluding carboxylic acids is 4. The van der Waals surface area contributed by atoms with Crippen LogP contribution in [0.25, 0.3) is 11.0 Å². The van der Waals surface area contributed by atoms with Crippen molar-refractivity contribution >= 4 is 57.7 Å². The highest BCUT2D eigenvalue weighted by atomic mass is 16.5. The molecule has 58 heavy (non-hydrogen) atoms. The van der Waals surface area contributed by atoms with Gasteiger partial charge in [0.2, 0.25) is 11.8 Å². The van der Waals surface area contributed by atoms with Crippen LogP contribution in [0.15, 0.2) is 41.1 Å². The van der Waals surface area contributed by atoms with E-state index in [1.165, 1.54) is 11.1 Å². The van der Waals surface area contributed by atoms with Gasteiger partial charge in [-0.3, -0.25) is 24.6 Å². The first kappa shape index (κ1) is 37.6. The Labute approximate surface area is 335 Å². The molecule has 2 aromatic carbocycles. The van der Waals surface area contributed by atoms with Gasteiger partial charge in [0.1, 0.15) is 17.3 Å². The standard InChI is InChI=1S/C41H49N11O6/c1-48-12-17-52(41(48)56)27-4-3-11-51(23-27)33-21-43-36(38(42)54)39(45-33)44-26-6-9-31(32(20-26)57-2)50-15-13-49(14-16-50)22-24-18-25-5-7-28-35(47-58-37(28)30(25)19-24)29-8-10-34(53)46-40(29)55/h5-7,9,20-21,24,27,29H,3-4,8,10-19,22-23H2,1-2H3,(H2,42,54)(H,44,45)(H,46,53,55). The maximum atomic E-state index is 12.7. The first-order chi connectivity index (χ1) is 28.1. The molecule has 5 aliphatic rings. The largest absolute Gasteiger partial charge is 0.495 e. The molecule has 5 amide bonds. The fourth-order valence-electron chi connectivity index (χ4n) is 9.45. The Morgan fingerprint density at radius 2 is 1.86 bits per heavy atom. The number of piperidine rings is 2. The van der Waals surface area contributed by atoms with Gasteiger partial charge in [0.25, 0.3) is 5.91 Å². The number of amides is 5. The Hall–Kier alpha value is -5.97. The molecule has 17 heteroatoms. The molecular formula is C41H49N11O6. The van der Waals surface area contributed by atoms with Crippen LogP contribution < -0.4 is 30.9 Å². The number of primary amides is 1. The van der Waals surface area contributed by atoms with Gasteiger partial charge in [-0.15, -0.1) is 0 Å². The number of imide groups is 1. The van der Waals surface area contributed by atoms with Crippen molar-refractivity contribution in [1.29, 1.82) is 0 Å². The number of hydrogen-bond acceptors (Lipinski definition) is 13. The lowest BCUT2D eigenvalue weighted by atomic mass is 9.92. The molecule has 17 nitrogen and oxygen atoms in total. The number of nitrogens with zero attached hydrogens (tertiary/aromatic N) is 8. The molecule has 4 aromatic rings. The van der Waals surface area contributed by atoms with E-state index in [9.17, 15) is 19.2 Å². The quantitative estimate of drug-likeness (QED) is 0.199. The number of rotatable bonds is 10. The van der Waals surface area contributed by atoms with E-state index in [2.05, 4.69) is 41.5 Å². The molecule has 4 saturated heterocycles. The van der Waals surface area contributed by atoms with Crippen molar-refractivity contribution in [3.8, 4) is 5.75 Å². The average molecular weight is 792 g/mol. The third-order valence-corrected chi connectivity index (χ3v) is 12.5. The predicted octanol–water partition coefficient (Wildman–Crippen LogP) is 2.86. The smallest absolute Gasteiger partial charge is 0.320 e. The number of piperazine rings is 1. The second kappa shape index (κ2) is 15.4. The number of anilines is 4. The summed E-state index contributed by atoms with van der Waals surface area (Å²) in [7, 11) is 3.48. The van der Waals surface area contributed by atoms with Crippen LogP contribution in [0, 0.1) is 5.92 Å². The topological polar surface area (TPSA) is 196 Å². The molecule has 1 aliphatic carbocycles. The lowest BCUT2D eigenvalue weighted by Gasteiger charge is -2.38. The monoisotopic (exact) mass is 791 g/mol. The Balaban J connectivity index is 0.829. The lowest BCUT2D eigenvalue weighted by Crippen LogP contribution is -2.49. The second-order valence-electron chi connectivity index (χ2n) is 16.2. The minimum atomic E-state index is -0.683. The molecule has 0 bridgehead atoms. The number of urea groups is 1. The van der Waals surface area contributed by atoms with E-state index in [-0.39, 0.29) is 35.4 Å². The van der Waals surface area contributed by atoms with Crippen LogP contribution in [0.5, 0.6) is 5.75 Å². The third-order valence-electron chi connectivity index (χ3n) is 12.5. The number of carbonyl (C=O) groups is 4. The average Bonchev–Trinajstić information content (AvgIpc) is 3.94. The van der Waals surface area contributed by atoms with E-state index in [0.29, 0.717) is 54.8 Å². The number of aromatic nitrogens is 3. The maximum Gasteiger partial charge on any atom is 0.320 e. The molecule has 9 rings (SSSR count). The van der Waals surface area contributed by atoms with Gasteiger partial charge in [0, 0.05) is 95.1 Å². The number of nitrogens with two attached hydrogens (primary N) is 1. The molecule has 0 spiro atoms. The Kier molecular flexibility index (Phi) is 9.99.